The summed E-state index contributed by atoms with van der Waals surface area (Å²) in [6.45, 7) is 6.04. The van der Waals surface area contributed by atoms with Crippen LogP contribution in [0.2, 0.25) is 0 Å². The first-order valence-corrected chi connectivity index (χ1v) is 21.7. The van der Waals surface area contributed by atoms with Crippen molar-refractivity contribution in [2.45, 2.75) is 142 Å². The van der Waals surface area contributed by atoms with Crippen molar-refractivity contribution in [2.75, 3.05) is 13.1 Å². The fraction of sp³-hybridized carbons (Fsp3) is 0.545. The van der Waals surface area contributed by atoms with Crippen LogP contribution in [-0.2, 0) is 0 Å². The molecule has 296 valence electrons. The van der Waals surface area contributed by atoms with E-state index in [1.165, 1.54) is 103 Å². The number of hydrogen-bond donors (Lipinski definition) is 2. The number of fused-ring (bicyclic) bond motifs is 10. The smallest absolute Gasteiger partial charge is 0.249 e. The molecule has 7 rings (SSSR count). The maximum atomic E-state index is 5.05. The van der Waals surface area contributed by atoms with E-state index in [1.54, 1.807) is 0 Å². The van der Waals surface area contributed by atoms with Gasteiger partial charge < -0.3 is 0 Å². The summed E-state index contributed by atoms with van der Waals surface area (Å²) in [7, 11) is 0. The predicted octanol–water partition coefficient (Wildman–Crippen LogP) is 9.32. The number of hydrazine groups is 2. The van der Waals surface area contributed by atoms with Crippen LogP contribution in [0.15, 0.2) is 88.5 Å². The van der Waals surface area contributed by atoms with Crippen molar-refractivity contribution >= 4 is 47.2 Å². The molecule has 0 aliphatic carbocycles. The monoisotopic (exact) mass is 757 g/mol. The summed E-state index contributed by atoms with van der Waals surface area (Å²) in [6, 6.07) is 16.2. The first kappa shape index (κ1) is 39.2. The van der Waals surface area contributed by atoms with Gasteiger partial charge in [0.05, 0.1) is 0 Å². The number of benzene rings is 2. The zero-order valence-electron chi connectivity index (χ0n) is 33.6. The van der Waals surface area contributed by atoms with Gasteiger partial charge in [-0.1, -0.05) is 178 Å². The van der Waals surface area contributed by atoms with E-state index >= 15 is 0 Å². The van der Waals surface area contributed by atoms with E-state index in [9.17, 15) is 0 Å². The highest BCUT2D eigenvalue weighted by atomic mass is 15.6. The van der Waals surface area contributed by atoms with Crippen LogP contribution in [0.25, 0.3) is 0 Å². The zero-order valence-corrected chi connectivity index (χ0v) is 33.6. The van der Waals surface area contributed by atoms with Gasteiger partial charge >= 0.3 is 0 Å². The van der Waals surface area contributed by atoms with Crippen LogP contribution >= 0.6 is 0 Å². The van der Waals surface area contributed by atoms with E-state index < -0.39 is 0 Å². The molecule has 0 radical (unpaired) electrons. The van der Waals surface area contributed by atoms with E-state index in [0.29, 0.717) is 47.2 Å². The highest BCUT2D eigenvalue weighted by Gasteiger charge is 2.31. The van der Waals surface area contributed by atoms with Crippen LogP contribution in [0.5, 0.6) is 0 Å². The molecular formula is C44H60N12. The van der Waals surface area contributed by atoms with Crippen LogP contribution in [0.1, 0.15) is 165 Å². The Morgan fingerprint density at radius 3 is 1.00 bits per heavy atom. The molecule has 2 aromatic carbocycles. The Hall–Kier alpha value is -5.00. The van der Waals surface area contributed by atoms with Crippen LogP contribution in [0.3, 0.4) is 0 Å². The molecule has 0 fully saturated rings. The molecule has 5 aliphatic heterocycles. The lowest BCUT2D eigenvalue weighted by Gasteiger charge is -2.18. The van der Waals surface area contributed by atoms with E-state index in [1.807, 2.05) is 58.5 Å². The van der Waals surface area contributed by atoms with Crippen LogP contribution in [0.4, 0.5) is 0 Å². The van der Waals surface area contributed by atoms with E-state index in [4.69, 9.17) is 39.9 Å². The fourth-order valence-electron chi connectivity index (χ4n) is 7.72. The number of aliphatic imine (C=N–C) groups is 8. The first-order valence-electron chi connectivity index (χ1n) is 21.7. The number of guanidine groups is 4. The lowest BCUT2D eigenvalue weighted by Crippen LogP contribution is -2.39. The minimum absolute atomic E-state index is 0.441. The molecule has 0 aromatic heterocycles. The van der Waals surface area contributed by atoms with Crippen molar-refractivity contribution in [3.8, 4) is 0 Å². The molecule has 8 bridgehead atoms. The number of rotatable bonds is 22. The largest absolute Gasteiger partial charge is 0.263 e. The third-order valence-electron chi connectivity index (χ3n) is 10.9. The maximum Gasteiger partial charge on any atom is 0.249 e. The second-order valence-electron chi connectivity index (χ2n) is 15.4. The van der Waals surface area contributed by atoms with Crippen LogP contribution in [0, 0.1) is 0 Å². The summed E-state index contributed by atoms with van der Waals surface area (Å²) in [4.78, 5) is 39.7. The Morgan fingerprint density at radius 2 is 0.661 bits per heavy atom. The van der Waals surface area contributed by atoms with Gasteiger partial charge in [-0.3, -0.25) is 20.9 Å². The van der Waals surface area contributed by atoms with E-state index in [0.717, 1.165) is 61.0 Å². The molecule has 2 aromatic rings. The summed E-state index contributed by atoms with van der Waals surface area (Å²) >= 11 is 0. The number of nitrogens with one attached hydrogen (secondary N) is 2. The SMILES string of the molecule is CCCCCCCCCCCCN1NC2=NC3=NC(=NC4=NC(=NC5=NC(=NC1=N2)c1ccccc15)NN4CCCCCCCCCCCC)c1ccccc13. The molecule has 0 saturated heterocycles. The van der Waals surface area contributed by atoms with Gasteiger partial charge in [-0.15, -0.1) is 0 Å². The molecule has 0 unspecified atom stereocenters. The molecule has 0 amide bonds. The van der Waals surface area contributed by atoms with Gasteiger partial charge in [0, 0.05) is 35.3 Å². The maximum absolute atomic E-state index is 5.05. The van der Waals surface area contributed by atoms with Crippen LogP contribution in [-0.4, -0.2) is 70.3 Å². The zero-order chi connectivity index (χ0) is 38.4. The normalized spacial score (nSPS) is 16.5. The first-order chi connectivity index (χ1) is 27.7. The highest BCUT2D eigenvalue weighted by molar-refractivity contribution is 6.29. The minimum atomic E-state index is 0.441. The quantitative estimate of drug-likeness (QED) is 0.116. The molecule has 0 atom stereocenters. The number of amidine groups is 4. The van der Waals surface area contributed by atoms with Crippen molar-refractivity contribution in [3.05, 3.63) is 70.8 Å². The van der Waals surface area contributed by atoms with Gasteiger partial charge in [0.15, 0.2) is 23.3 Å². The average Bonchev–Trinajstić information content (AvgIpc) is 3.97. The van der Waals surface area contributed by atoms with Gasteiger partial charge in [0.1, 0.15) is 0 Å². The highest BCUT2D eigenvalue weighted by Crippen LogP contribution is 2.25. The van der Waals surface area contributed by atoms with Crippen molar-refractivity contribution in [2.24, 2.45) is 39.9 Å². The second kappa shape index (κ2) is 20.2. The fourth-order valence-corrected chi connectivity index (χ4v) is 7.72. The number of nitrogens with zero attached hydrogens (tertiary/aromatic N) is 10. The summed E-state index contributed by atoms with van der Waals surface area (Å²) in [6.07, 6.45) is 25.5. The molecule has 2 N–H and O–H groups in total. The molecule has 0 spiro atoms. The van der Waals surface area contributed by atoms with Crippen molar-refractivity contribution < 1.29 is 0 Å². The molecule has 12 nitrogen and oxygen atoms in total. The Kier molecular flexibility index (Phi) is 14.2. The minimum Gasteiger partial charge on any atom is -0.263 e. The third kappa shape index (κ3) is 10.2. The molecular weight excluding hydrogens is 697 g/mol. The van der Waals surface area contributed by atoms with Gasteiger partial charge in [-0.25, -0.2) is 9.98 Å². The third-order valence-corrected chi connectivity index (χ3v) is 10.9. The number of unbranched alkanes of at least 4 members (excludes halogenated alkanes) is 18. The van der Waals surface area contributed by atoms with Crippen molar-refractivity contribution in [1.29, 1.82) is 0 Å². The molecule has 5 aliphatic rings. The lowest BCUT2D eigenvalue weighted by molar-refractivity contribution is 0.370. The van der Waals surface area contributed by atoms with E-state index in [-0.39, 0.29) is 0 Å². The average molecular weight is 757 g/mol. The summed E-state index contributed by atoms with van der Waals surface area (Å²) in [5, 5.41) is 3.99. The van der Waals surface area contributed by atoms with Gasteiger partial charge in [-0.2, -0.15) is 30.0 Å². The van der Waals surface area contributed by atoms with Crippen molar-refractivity contribution in [3.63, 3.8) is 0 Å². The van der Waals surface area contributed by atoms with Gasteiger partial charge in [0.2, 0.25) is 23.8 Å². The van der Waals surface area contributed by atoms with Gasteiger partial charge in [0.25, 0.3) is 0 Å². The van der Waals surface area contributed by atoms with E-state index in [2.05, 4.69) is 24.7 Å². The number of hydrogen-bond acceptors (Lipinski definition) is 12. The second-order valence-corrected chi connectivity index (χ2v) is 15.4. The summed E-state index contributed by atoms with van der Waals surface area (Å²) in [5.74, 6) is 4.17. The topological polar surface area (TPSA) is 129 Å². The Bertz CT molecular complexity index is 1780. The van der Waals surface area contributed by atoms with Crippen molar-refractivity contribution in [1.82, 2.24) is 20.9 Å². The van der Waals surface area contributed by atoms with Gasteiger partial charge in [-0.05, 0) is 12.8 Å². The molecule has 0 saturated carbocycles. The summed E-state index contributed by atoms with van der Waals surface area (Å²) in [5.41, 5.74) is 10.5. The molecule has 5 heterocycles. The summed E-state index contributed by atoms with van der Waals surface area (Å²) < 4.78 is 0. The molecule has 56 heavy (non-hydrogen) atoms. The Balaban J connectivity index is 1.09. The van der Waals surface area contributed by atoms with Crippen LogP contribution < -0.4 is 10.9 Å². The standard InChI is InChI=1S/C44H60N12/c1-3-5-7-9-11-13-15-17-19-25-31-55-43-49-39-35-29-23-21-27-33(35)38(45-39)48-42-52-44(56(54-42)32-26-20-18-16-14-12-10-8-6-4-2)50-40-36-30-24-22-28-34(36)37(46-40)47-41(51-43)53-55/h21-24,27-30H,3-20,25-26,31-32H2,1-2H3,(H2,45,46,47,48,49,50,51,52,53,54). The predicted molar refractivity (Wildman–Crippen MR) is 232 cm³/mol. The Morgan fingerprint density at radius 1 is 0.357 bits per heavy atom. The Labute approximate surface area is 333 Å². The molecule has 12 heteroatoms. The lowest BCUT2D eigenvalue weighted by atomic mass is 10.1.